The van der Waals surface area contributed by atoms with Crippen LogP contribution in [0.15, 0.2) is 54.6 Å². The minimum Gasteiger partial charge on any atom is -0.308 e. The van der Waals surface area contributed by atoms with Crippen LogP contribution < -0.4 is 10.6 Å². The number of aromatic nitrogens is 2. The molecule has 2 N–H and O–H groups in total. The summed E-state index contributed by atoms with van der Waals surface area (Å²) in [5.41, 5.74) is 2.12. The molecule has 0 bridgehead atoms. The molecule has 140 valence electrons. The number of urea groups is 1. The molecule has 1 aromatic heterocycles. The van der Waals surface area contributed by atoms with Crippen molar-refractivity contribution in [3.63, 3.8) is 0 Å². The minimum absolute atomic E-state index is 0.156. The molecule has 1 heterocycles. The van der Waals surface area contributed by atoms with Crippen LogP contribution in [-0.2, 0) is 5.41 Å². The summed E-state index contributed by atoms with van der Waals surface area (Å²) in [6, 6.07) is 16.0. The largest absolute Gasteiger partial charge is 0.324 e. The second-order valence-corrected chi connectivity index (χ2v) is 7.93. The first-order chi connectivity index (χ1) is 12.7. The second-order valence-electron chi connectivity index (χ2n) is 7.12. The zero-order valence-corrected chi connectivity index (χ0v) is 16.8. The molecule has 0 spiro atoms. The van der Waals surface area contributed by atoms with E-state index < -0.39 is 6.03 Å². The third-order valence-electron chi connectivity index (χ3n) is 3.90. The molecule has 3 rings (SSSR count). The predicted octanol–water partition coefficient (Wildman–Crippen LogP) is 6.12. The fourth-order valence-electron chi connectivity index (χ4n) is 2.46. The maximum Gasteiger partial charge on any atom is 0.324 e. The standard InChI is InChI=1S/C20H20Cl2N4O/c1-20(2,3)17-12-18(26(25-17)14-7-5-4-6-8-14)24-19(27)23-13-9-10-15(21)16(22)11-13/h4-12H,1-3H3,(H2,23,24,27). The number of nitrogens with one attached hydrogen (secondary N) is 2. The van der Waals surface area contributed by atoms with Gasteiger partial charge in [-0.3, -0.25) is 5.32 Å². The average Bonchev–Trinajstić information content (AvgIpc) is 3.03. The first-order valence-electron chi connectivity index (χ1n) is 8.43. The van der Waals surface area contributed by atoms with Gasteiger partial charge in [0.25, 0.3) is 0 Å². The molecule has 3 aromatic rings. The van der Waals surface area contributed by atoms with Gasteiger partial charge in [-0.2, -0.15) is 5.10 Å². The number of nitrogens with zero attached hydrogens (tertiary/aromatic N) is 2. The lowest BCUT2D eigenvalue weighted by atomic mass is 9.92. The van der Waals surface area contributed by atoms with E-state index in [4.69, 9.17) is 23.2 Å². The number of carbonyl (C=O) groups is 1. The van der Waals surface area contributed by atoms with Gasteiger partial charge in [0.05, 0.1) is 21.4 Å². The molecule has 0 aliphatic heterocycles. The first kappa shape index (κ1) is 19.3. The van der Waals surface area contributed by atoms with E-state index in [-0.39, 0.29) is 5.41 Å². The Hall–Kier alpha value is -2.50. The molecule has 0 saturated carbocycles. The molecular formula is C20H20Cl2N4O. The Morgan fingerprint density at radius 3 is 2.30 bits per heavy atom. The minimum atomic E-state index is -0.397. The van der Waals surface area contributed by atoms with Crippen molar-refractivity contribution >= 4 is 40.7 Å². The summed E-state index contributed by atoms with van der Waals surface area (Å²) in [6.45, 7) is 6.22. The highest BCUT2D eigenvalue weighted by molar-refractivity contribution is 6.42. The average molecular weight is 403 g/mol. The lowest BCUT2D eigenvalue weighted by molar-refractivity contribution is 0.262. The van der Waals surface area contributed by atoms with Crippen molar-refractivity contribution in [2.24, 2.45) is 0 Å². The predicted molar refractivity (Wildman–Crippen MR) is 111 cm³/mol. The van der Waals surface area contributed by atoms with Crippen molar-refractivity contribution in [1.29, 1.82) is 0 Å². The zero-order chi connectivity index (χ0) is 19.6. The topological polar surface area (TPSA) is 59.0 Å². The monoisotopic (exact) mass is 402 g/mol. The van der Waals surface area contributed by atoms with Crippen molar-refractivity contribution in [3.05, 3.63) is 70.3 Å². The van der Waals surface area contributed by atoms with Crippen molar-refractivity contribution < 1.29 is 4.79 Å². The highest BCUT2D eigenvalue weighted by Crippen LogP contribution is 2.27. The van der Waals surface area contributed by atoms with E-state index >= 15 is 0 Å². The fourth-order valence-corrected chi connectivity index (χ4v) is 2.75. The van der Waals surface area contributed by atoms with E-state index in [9.17, 15) is 4.79 Å². The highest BCUT2D eigenvalue weighted by atomic mass is 35.5. The Balaban J connectivity index is 1.87. The van der Waals surface area contributed by atoms with Crippen LogP contribution in [0.5, 0.6) is 0 Å². The number of hydrogen-bond acceptors (Lipinski definition) is 2. The fraction of sp³-hybridized carbons (Fsp3) is 0.200. The second kappa shape index (κ2) is 7.62. The molecule has 7 heteroatoms. The van der Waals surface area contributed by atoms with Gasteiger partial charge in [-0.1, -0.05) is 62.2 Å². The smallest absolute Gasteiger partial charge is 0.308 e. The van der Waals surface area contributed by atoms with Gasteiger partial charge in [0.2, 0.25) is 0 Å². The van der Waals surface area contributed by atoms with Crippen LogP contribution in [0.2, 0.25) is 10.0 Å². The van der Waals surface area contributed by atoms with Gasteiger partial charge in [-0.15, -0.1) is 0 Å². The van der Waals surface area contributed by atoms with Gasteiger partial charge in [0.1, 0.15) is 5.82 Å². The highest BCUT2D eigenvalue weighted by Gasteiger charge is 2.21. The number of halogens is 2. The van der Waals surface area contributed by atoms with Gasteiger partial charge in [0.15, 0.2) is 0 Å². The lowest BCUT2D eigenvalue weighted by Crippen LogP contribution is -2.21. The Bertz CT molecular complexity index is 962. The van der Waals surface area contributed by atoms with Crippen molar-refractivity contribution in [2.45, 2.75) is 26.2 Å². The SMILES string of the molecule is CC(C)(C)c1cc(NC(=O)Nc2ccc(Cl)c(Cl)c2)n(-c2ccccc2)n1. The molecule has 0 saturated heterocycles. The molecule has 2 amide bonds. The normalized spacial score (nSPS) is 11.3. The third-order valence-corrected chi connectivity index (χ3v) is 4.64. The number of carbonyl (C=O) groups excluding carboxylic acids is 1. The van der Waals surface area contributed by atoms with Crippen molar-refractivity contribution in [1.82, 2.24) is 9.78 Å². The summed E-state index contributed by atoms with van der Waals surface area (Å²) in [5.74, 6) is 0.573. The van der Waals surface area contributed by atoms with Crippen LogP contribution in [0.4, 0.5) is 16.3 Å². The van der Waals surface area contributed by atoms with E-state index in [2.05, 4.69) is 36.5 Å². The van der Waals surface area contributed by atoms with E-state index in [0.29, 0.717) is 21.6 Å². The quantitative estimate of drug-likeness (QED) is 0.554. The molecular weight excluding hydrogens is 383 g/mol. The Morgan fingerprint density at radius 1 is 0.963 bits per heavy atom. The summed E-state index contributed by atoms with van der Waals surface area (Å²) < 4.78 is 1.72. The van der Waals surface area contributed by atoms with Gasteiger partial charge >= 0.3 is 6.03 Å². The van der Waals surface area contributed by atoms with Gasteiger partial charge in [-0.25, -0.2) is 9.48 Å². The molecule has 0 atom stereocenters. The number of para-hydroxylation sites is 1. The number of hydrogen-bond donors (Lipinski definition) is 2. The Kier molecular flexibility index (Phi) is 5.44. The van der Waals surface area contributed by atoms with Crippen molar-refractivity contribution in [2.75, 3.05) is 10.6 Å². The molecule has 2 aromatic carbocycles. The lowest BCUT2D eigenvalue weighted by Gasteiger charge is -2.14. The van der Waals surface area contributed by atoms with E-state index in [0.717, 1.165) is 11.4 Å². The van der Waals surface area contributed by atoms with Crippen molar-refractivity contribution in [3.8, 4) is 5.69 Å². The number of rotatable bonds is 3. The van der Waals surface area contributed by atoms with Crippen LogP contribution in [0, 0.1) is 0 Å². The summed E-state index contributed by atoms with van der Waals surface area (Å²) in [5, 5.41) is 11.1. The third kappa shape index (κ3) is 4.62. The maximum absolute atomic E-state index is 12.5. The Morgan fingerprint density at radius 2 is 1.67 bits per heavy atom. The molecule has 0 aliphatic carbocycles. The summed E-state index contributed by atoms with van der Waals surface area (Å²) in [4.78, 5) is 12.5. The van der Waals surface area contributed by atoms with Crippen LogP contribution >= 0.6 is 23.2 Å². The molecule has 0 fully saturated rings. The molecule has 0 unspecified atom stereocenters. The summed E-state index contributed by atoms with van der Waals surface area (Å²) in [7, 11) is 0. The molecule has 27 heavy (non-hydrogen) atoms. The zero-order valence-electron chi connectivity index (χ0n) is 15.3. The van der Waals surface area contributed by atoms with E-state index in [1.165, 1.54) is 0 Å². The van der Waals surface area contributed by atoms with Crippen LogP contribution in [0.25, 0.3) is 5.69 Å². The number of amides is 2. The van der Waals surface area contributed by atoms with E-state index in [1.807, 2.05) is 36.4 Å². The maximum atomic E-state index is 12.5. The molecule has 0 radical (unpaired) electrons. The Labute approximate surface area is 168 Å². The van der Waals surface area contributed by atoms with E-state index in [1.54, 1.807) is 22.9 Å². The summed E-state index contributed by atoms with van der Waals surface area (Å²) >= 11 is 11.9. The van der Waals surface area contributed by atoms with Gasteiger partial charge in [-0.05, 0) is 30.3 Å². The number of anilines is 2. The van der Waals surface area contributed by atoms with Crippen LogP contribution in [-0.4, -0.2) is 15.8 Å². The summed E-state index contributed by atoms with van der Waals surface area (Å²) in [6.07, 6.45) is 0. The molecule has 0 aliphatic rings. The van der Waals surface area contributed by atoms with Crippen LogP contribution in [0.1, 0.15) is 26.5 Å². The van der Waals surface area contributed by atoms with Gasteiger partial charge < -0.3 is 5.32 Å². The van der Waals surface area contributed by atoms with Gasteiger partial charge in [0, 0.05) is 17.2 Å². The first-order valence-corrected chi connectivity index (χ1v) is 9.18. The number of benzene rings is 2. The molecule has 5 nitrogen and oxygen atoms in total. The van der Waals surface area contributed by atoms with Crippen LogP contribution in [0.3, 0.4) is 0 Å².